The Kier molecular flexibility index (Phi) is 6.34. The molecule has 3 nitrogen and oxygen atoms in total. The molecule has 0 aliphatic heterocycles. The van der Waals surface area contributed by atoms with Gasteiger partial charge in [0.2, 0.25) is 0 Å². The van der Waals surface area contributed by atoms with E-state index >= 15 is 0 Å². The maximum atomic E-state index is 6.25. The third-order valence-electron chi connectivity index (χ3n) is 3.79. The molecule has 0 saturated heterocycles. The number of hydrogen-bond acceptors (Lipinski definition) is 3. The molecule has 0 bridgehead atoms. The van der Waals surface area contributed by atoms with Crippen molar-refractivity contribution in [2.45, 2.75) is 58.3 Å². The van der Waals surface area contributed by atoms with Gasteiger partial charge < -0.3 is 14.8 Å². The highest BCUT2D eigenvalue weighted by Gasteiger charge is 2.43. The van der Waals surface area contributed by atoms with Crippen LogP contribution in [-0.2, 0) is 4.74 Å². The molecule has 0 aromatic heterocycles. The molecule has 2 rings (SSSR count). The van der Waals surface area contributed by atoms with Crippen LogP contribution in [0.25, 0.3) is 0 Å². The fourth-order valence-electron chi connectivity index (χ4n) is 2.57. The average Bonchev–Trinajstić information content (AvgIpc) is 2.44. The molecular formula is C17H26ClNO2. The summed E-state index contributed by atoms with van der Waals surface area (Å²) in [4.78, 5) is 0. The molecule has 21 heavy (non-hydrogen) atoms. The molecule has 1 aliphatic rings. The molecule has 1 saturated carbocycles. The Morgan fingerprint density at radius 3 is 2.76 bits per heavy atom. The number of rotatable bonds is 8. The Hall–Kier alpha value is -0.770. The predicted octanol–water partition coefficient (Wildman–Crippen LogP) is 3.96. The van der Waals surface area contributed by atoms with Gasteiger partial charge in [-0.2, -0.15) is 0 Å². The van der Waals surface area contributed by atoms with Crippen molar-refractivity contribution in [3.05, 3.63) is 28.8 Å². The van der Waals surface area contributed by atoms with E-state index in [9.17, 15) is 0 Å². The van der Waals surface area contributed by atoms with Gasteiger partial charge in [-0.15, -0.1) is 0 Å². The summed E-state index contributed by atoms with van der Waals surface area (Å²) in [5, 5.41) is 4.20. The molecule has 0 radical (unpaired) electrons. The SMILES string of the molecule is CCCNC1CC(Oc2ccc(C)cc2Cl)C1OCCC. The average molecular weight is 312 g/mol. The molecule has 1 fully saturated rings. The Labute approximate surface area is 133 Å². The summed E-state index contributed by atoms with van der Waals surface area (Å²) in [5.41, 5.74) is 1.14. The zero-order valence-corrected chi connectivity index (χ0v) is 14.0. The minimum atomic E-state index is 0.0890. The first-order valence-corrected chi connectivity index (χ1v) is 8.31. The van der Waals surface area contributed by atoms with Crippen molar-refractivity contribution in [1.29, 1.82) is 0 Å². The van der Waals surface area contributed by atoms with Gasteiger partial charge >= 0.3 is 0 Å². The Balaban J connectivity index is 1.95. The summed E-state index contributed by atoms with van der Waals surface area (Å²) >= 11 is 6.25. The van der Waals surface area contributed by atoms with Gasteiger partial charge in [0.05, 0.1) is 5.02 Å². The molecule has 1 aromatic carbocycles. The van der Waals surface area contributed by atoms with Crippen molar-refractivity contribution in [2.24, 2.45) is 0 Å². The van der Waals surface area contributed by atoms with E-state index in [1.54, 1.807) is 0 Å². The van der Waals surface area contributed by atoms with E-state index in [-0.39, 0.29) is 12.2 Å². The summed E-state index contributed by atoms with van der Waals surface area (Å²) in [5.74, 6) is 0.756. The predicted molar refractivity (Wildman–Crippen MR) is 87.3 cm³/mol. The summed E-state index contributed by atoms with van der Waals surface area (Å²) < 4.78 is 12.0. The molecule has 1 aromatic rings. The maximum Gasteiger partial charge on any atom is 0.138 e. The Morgan fingerprint density at radius 1 is 1.29 bits per heavy atom. The fourth-order valence-corrected chi connectivity index (χ4v) is 2.85. The highest BCUT2D eigenvalue weighted by molar-refractivity contribution is 6.32. The van der Waals surface area contributed by atoms with Gasteiger partial charge in [-0.25, -0.2) is 0 Å². The first kappa shape index (κ1) is 16.6. The molecule has 0 spiro atoms. The van der Waals surface area contributed by atoms with E-state index in [1.165, 1.54) is 0 Å². The standard InChI is InChI=1S/C17H26ClNO2/c1-4-8-19-14-11-16(17(14)20-9-5-2)21-15-7-6-12(3)10-13(15)18/h6-7,10,14,16-17,19H,4-5,8-9,11H2,1-3H3. The van der Waals surface area contributed by atoms with Crippen molar-refractivity contribution in [2.75, 3.05) is 13.2 Å². The summed E-state index contributed by atoms with van der Waals surface area (Å²) in [6.07, 6.45) is 3.33. The van der Waals surface area contributed by atoms with Crippen LogP contribution in [0.5, 0.6) is 5.75 Å². The van der Waals surface area contributed by atoms with Gasteiger partial charge in [0.25, 0.3) is 0 Å². The summed E-state index contributed by atoms with van der Waals surface area (Å²) in [7, 11) is 0. The highest BCUT2D eigenvalue weighted by atomic mass is 35.5. The summed E-state index contributed by atoms with van der Waals surface area (Å²) in [6.45, 7) is 8.12. The maximum absolute atomic E-state index is 6.25. The van der Waals surface area contributed by atoms with Crippen molar-refractivity contribution < 1.29 is 9.47 Å². The molecule has 3 unspecified atom stereocenters. The third kappa shape index (κ3) is 4.35. The fraction of sp³-hybridized carbons (Fsp3) is 0.647. The molecule has 1 aliphatic carbocycles. The van der Waals surface area contributed by atoms with Gasteiger partial charge in [0.15, 0.2) is 0 Å². The molecule has 4 heteroatoms. The zero-order chi connectivity index (χ0) is 15.2. The van der Waals surface area contributed by atoms with Crippen LogP contribution >= 0.6 is 11.6 Å². The summed E-state index contributed by atoms with van der Waals surface area (Å²) in [6, 6.07) is 6.30. The van der Waals surface area contributed by atoms with Crippen LogP contribution in [0.1, 0.15) is 38.7 Å². The van der Waals surface area contributed by atoms with E-state index in [1.807, 2.05) is 25.1 Å². The monoisotopic (exact) mass is 311 g/mol. The third-order valence-corrected chi connectivity index (χ3v) is 4.08. The normalized spacial score (nSPS) is 24.7. The Morgan fingerprint density at radius 2 is 2.10 bits per heavy atom. The van der Waals surface area contributed by atoms with Crippen molar-refractivity contribution in [3.8, 4) is 5.75 Å². The molecule has 0 amide bonds. The van der Waals surface area contributed by atoms with Gasteiger partial charge in [0, 0.05) is 19.1 Å². The lowest BCUT2D eigenvalue weighted by atomic mass is 9.85. The minimum absolute atomic E-state index is 0.0890. The molecule has 1 N–H and O–H groups in total. The van der Waals surface area contributed by atoms with Crippen molar-refractivity contribution in [3.63, 3.8) is 0 Å². The van der Waals surface area contributed by atoms with E-state index in [0.29, 0.717) is 11.1 Å². The first-order valence-electron chi connectivity index (χ1n) is 7.93. The molecule has 118 valence electrons. The van der Waals surface area contributed by atoms with E-state index < -0.39 is 0 Å². The highest BCUT2D eigenvalue weighted by Crippen LogP contribution is 2.33. The van der Waals surface area contributed by atoms with Crippen molar-refractivity contribution >= 4 is 11.6 Å². The van der Waals surface area contributed by atoms with Crippen LogP contribution in [-0.4, -0.2) is 31.4 Å². The van der Waals surface area contributed by atoms with Gasteiger partial charge in [0.1, 0.15) is 18.0 Å². The Bertz CT molecular complexity index is 452. The smallest absolute Gasteiger partial charge is 0.138 e. The largest absolute Gasteiger partial charge is 0.486 e. The van der Waals surface area contributed by atoms with E-state index in [2.05, 4.69) is 19.2 Å². The van der Waals surface area contributed by atoms with E-state index in [0.717, 1.165) is 43.7 Å². The number of hydrogen-bond donors (Lipinski definition) is 1. The minimum Gasteiger partial charge on any atom is -0.486 e. The van der Waals surface area contributed by atoms with Gasteiger partial charge in [-0.1, -0.05) is 31.5 Å². The number of benzene rings is 1. The topological polar surface area (TPSA) is 30.5 Å². The van der Waals surface area contributed by atoms with Crippen LogP contribution in [0.2, 0.25) is 5.02 Å². The lowest BCUT2D eigenvalue weighted by molar-refractivity contribution is -0.107. The second kappa shape index (κ2) is 8.02. The van der Waals surface area contributed by atoms with Gasteiger partial charge in [-0.3, -0.25) is 0 Å². The van der Waals surface area contributed by atoms with Crippen LogP contribution in [0, 0.1) is 6.92 Å². The van der Waals surface area contributed by atoms with Crippen LogP contribution in [0.4, 0.5) is 0 Å². The lowest BCUT2D eigenvalue weighted by Gasteiger charge is -2.44. The second-order valence-corrected chi connectivity index (χ2v) is 6.13. The molecular weight excluding hydrogens is 286 g/mol. The number of nitrogens with one attached hydrogen (secondary N) is 1. The quantitative estimate of drug-likeness (QED) is 0.788. The first-order chi connectivity index (χ1) is 10.2. The van der Waals surface area contributed by atoms with Crippen LogP contribution in [0.15, 0.2) is 18.2 Å². The lowest BCUT2D eigenvalue weighted by Crippen LogP contribution is -2.61. The zero-order valence-electron chi connectivity index (χ0n) is 13.2. The number of ether oxygens (including phenoxy) is 2. The van der Waals surface area contributed by atoms with Gasteiger partial charge in [-0.05, 0) is 44.0 Å². The number of aryl methyl sites for hydroxylation is 1. The van der Waals surface area contributed by atoms with Crippen molar-refractivity contribution in [1.82, 2.24) is 5.32 Å². The van der Waals surface area contributed by atoms with Crippen LogP contribution < -0.4 is 10.1 Å². The molecule has 3 atom stereocenters. The second-order valence-electron chi connectivity index (χ2n) is 5.72. The van der Waals surface area contributed by atoms with E-state index in [4.69, 9.17) is 21.1 Å². The van der Waals surface area contributed by atoms with Crippen LogP contribution in [0.3, 0.4) is 0 Å². The number of halogens is 1. The molecule has 0 heterocycles.